The smallest absolute Gasteiger partial charge is 0.170 e. The van der Waals surface area contributed by atoms with Gasteiger partial charge in [-0.3, -0.25) is 9.59 Å². The van der Waals surface area contributed by atoms with E-state index in [1.54, 1.807) is 0 Å². The van der Waals surface area contributed by atoms with Gasteiger partial charge in [-0.25, -0.2) is 0 Å². The summed E-state index contributed by atoms with van der Waals surface area (Å²) in [5.41, 5.74) is 0.867. The molecule has 4 heterocycles. The average Bonchev–Trinajstić information content (AvgIpc) is 2.79. The maximum absolute atomic E-state index is 13.7. The SMILES string of the molecule is O=C(c1ccccc1)[C@@]12C[C@H]3NCC1C1CN[C@H]2C[C@@]13C(=O)c1ccccc1. The Morgan fingerprint density at radius 2 is 1.07 bits per heavy atom. The van der Waals surface area contributed by atoms with Gasteiger partial charge < -0.3 is 10.6 Å². The maximum Gasteiger partial charge on any atom is 0.170 e. The zero-order valence-corrected chi connectivity index (χ0v) is 15.7. The molecular formula is C24H24N2O2. The summed E-state index contributed by atoms with van der Waals surface area (Å²) in [5.74, 6) is 0.982. The van der Waals surface area contributed by atoms with Crippen molar-refractivity contribution in [2.45, 2.75) is 24.9 Å². The van der Waals surface area contributed by atoms with Gasteiger partial charge in [-0.2, -0.15) is 0 Å². The number of rotatable bonds is 4. The van der Waals surface area contributed by atoms with E-state index in [2.05, 4.69) is 10.6 Å². The number of ketones is 2. The van der Waals surface area contributed by atoms with Crippen LogP contribution < -0.4 is 10.6 Å². The first-order chi connectivity index (χ1) is 13.7. The summed E-state index contributed by atoms with van der Waals surface area (Å²) in [6.07, 6.45) is 1.52. The van der Waals surface area contributed by atoms with E-state index in [-0.39, 0.29) is 46.3 Å². The fraction of sp³-hybridized carbons (Fsp3) is 0.417. The number of carbonyl (C=O) groups is 2. The molecule has 4 nitrogen and oxygen atoms in total. The van der Waals surface area contributed by atoms with E-state index in [1.807, 2.05) is 60.7 Å². The Hall–Kier alpha value is -2.30. The molecule has 142 valence electrons. The van der Waals surface area contributed by atoms with E-state index in [4.69, 9.17) is 0 Å². The second-order valence-electron chi connectivity index (χ2n) is 9.01. The minimum atomic E-state index is -0.376. The Morgan fingerprint density at radius 1 is 0.679 bits per heavy atom. The van der Waals surface area contributed by atoms with Crippen LogP contribution in [0.4, 0.5) is 0 Å². The Kier molecular flexibility index (Phi) is 3.34. The van der Waals surface area contributed by atoms with Gasteiger partial charge in [-0.1, -0.05) is 60.7 Å². The topological polar surface area (TPSA) is 58.2 Å². The molecule has 2 aromatic rings. The van der Waals surface area contributed by atoms with Gasteiger partial charge in [0.15, 0.2) is 11.6 Å². The summed E-state index contributed by atoms with van der Waals surface area (Å²) >= 11 is 0. The normalized spacial score (nSPS) is 39.9. The van der Waals surface area contributed by atoms with E-state index >= 15 is 0 Å². The highest BCUT2D eigenvalue weighted by Gasteiger charge is 2.76. The van der Waals surface area contributed by atoms with Gasteiger partial charge in [-0.15, -0.1) is 0 Å². The minimum absolute atomic E-state index is 0.0845. The highest BCUT2D eigenvalue weighted by molar-refractivity contribution is 6.05. The van der Waals surface area contributed by atoms with Crippen molar-refractivity contribution in [3.05, 3.63) is 71.8 Å². The van der Waals surface area contributed by atoms with E-state index in [0.29, 0.717) is 0 Å². The Morgan fingerprint density at radius 3 is 1.46 bits per heavy atom. The maximum atomic E-state index is 13.7. The number of nitrogens with one attached hydrogen (secondary N) is 2. The molecule has 28 heavy (non-hydrogen) atoms. The number of benzene rings is 2. The van der Waals surface area contributed by atoms with Gasteiger partial charge >= 0.3 is 0 Å². The van der Waals surface area contributed by atoms with Crippen molar-refractivity contribution in [2.24, 2.45) is 22.7 Å². The number of hydrogen-bond donors (Lipinski definition) is 2. The molecule has 4 aliphatic heterocycles. The van der Waals surface area contributed by atoms with Gasteiger partial charge in [0.1, 0.15) is 0 Å². The predicted octanol–water partition coefficient (Wildman–Crippen LogP) is 2.71. The lowest BCUT2D eigenvalue weighted by Crippen LogP contribution is -2.85. The number of carbonyl (C=O) groups excluding carboxylic acids is 2. The molecule has 0 aromatic heterocycles. The monoisotopic (exact) mass is 372 g/mol. The molecule has 7 fully saturated rings. The van der Waals surface area contributed by atoms with Crippen LogP contribution in [0.15, 0.2) is 60.7 Å². The molecule has 2 N–H and O–H groups in total. The molecule has 2 unspecified atom stereocenters. The molecule has 3 aliphatic carbocycles. The van der Waals surface area contributed by atoms with Crippen LogP contribution in [-0.4, -0.2) is 36.7 Å². The second kappa shape index (κ2) is 5.62. The summed E-state index contributed by atoms with van der Waals surface area (Å²) in [7, 11) is 0. The van der Waals surface area contributed by atoms with Crippen molar-refractivity contribution >= 4 is 11.6 Å². The quantitative estimate of drug-likeness (QED) is 0.811. The van der Waals surface area contributed by atoms with Gasteiger partial charge in [0, 0.05) is 23.2 Å². The summed E-state index contributed by atoms with van der Waals surface area (Å²) < 4.78 is 0. The average molecular weight is 372 g/mol. The van der Waals surface area contributed by atoms with Crippen LogP contribution in [0.5, 0.6) is 0 Å². The third kappa shape index (κ3) is 1.83. The fourth-order valence-electron chi connectivity index (χ4n) is 7.11. The zero-order chi connectivity index (χ0) is 18.9. The first-order valence-corrected chi connectivity index (χ1v) is 10.3. The molecule has 0 amide bonds. The summed E-state index contributed by atoms with van der Waals surface area (Å²) in [6, 6.07) is 19.6. The number of piperidine rings is 4. The van der Waals surface area contributed by atoms with Crippen molar-refractivity contribution in [3.63, 3.8) is 0 Å². The largest absolute Gasteiger partial charge is 0.313 e. The van der Waals surface area contributed by atoms with Crippen LogP contribution >= 0.6 is 0 Å². The molecule has 0 radical (unpaired) electrons. The van der Waals surface area contributed by atoms with Crippen LogP contribution in [-0.2, 0) is 0 Å². The predicted molar refractivity (Wildman–Crippen MR) is 106 cm³/mol. The van der Waals surface area contributed by atoms with Crippen molar-refractivity contribution in [1.29, 1.82) is 0 Å². The minimum Gasteiger partial charge on any atom is -0.313 e. The van der Waals surface area contributed by atoms with E-state index in [9.17, 15) is 9.59 Å². The van der Waals surface area contributed by atoms with Crippen molar-refractivity contribution in [3.8, 4) is 0 Å². The summed E-state index contributed by atoms with van der Waals surface area (Å²) in [4.78, 5) is 27.5. The van der Waals surface area contributed by atoms with E-state index in [0.717, 1.165) is 37.1 Å². The molecule has 6 atom stereocenters. The standard InChI is InChI=1S/C24H24N2O2/c27-21(15-7-3-1-4-8-15)23-11-20-24(22(28)16-9-5-2-6-10-16)12-19(23)25-14-18(24)17(23)13-26-20/h1-10,17-20,25-26H,11-14H2/t17?,18?,19-,20+,23-,24+. The first-order valence-electron chi connectivity index (χ1n) is 10.3. The van der Waals surface area contributed by atoms with Crippen LogP contribution in [0, 0.1) is 22.7 Å². The third-order valence-electron chi connectivity index (χ3n) is 8.22. The number of fused-ring (bicyclic) bond motifs is 2. The highest BCUT2D eigenvalue weighted by Crippen LogP contribution is 2.68. The summed E-state index contributed by atoms with van der Waals surface area (Å²) in [6.45, 7) is 1.69. The lowest BCUT2D eigenvalue weighted by Gasteiger charge is -2.73. The zero-order valence-electron chi connectivity index (χ0n) is 15.7. The number of hydrogen-bond acceptors (Lipinski definition) is 4. The Bertz CT molecular complexity index is 880. The molecule has 4 heteroatoms. The van der Waals surface area contributed by atoms with E-state index in [1.165, 1.54) is 0 Å². The van der Waals surface area contributed by atoms with Crippen LogP contribution in [0.25, 0.3) is 0 Å². The number of Topliss-reactive ketones (excluding diaryl/α,β-unsaturated/α-hetero) is 2. The summed E-state index contributed by atoms with van der Waals surface area (Å²) in [5, 5.41) is 7.31. The third-order valence-corrected chi connectivity index (χ3v) is 8.22. The molecule has 3 saturated carbocycles. The van der Waals surface area contributed by atoms with Crippen LogP contribution in [0.3, 0.4) is 0 Å². The lowest BCUT2D eigenvalue weighted by molar-refractivity contribution is -0.176. The Balaban J connectivity index is 1.45. The molecule has 0 spiro atoms. The van der Waals surface area contributed by atoms with Gasteiger partial charge in [-0.05, 0) is 37.8 Å². The molecule has 9 rings (SSSR count). The van der Waals surface area contributed by atoms with E-state index < -0.39 is 0 Å². The van der Waals surface area contributed by atoms with Crippen molar-refractivity contribution in [2.75, 3.05) is 13.1 Å². The van der Waals surface area contributed by atoms with Crippen LogP contribution in [0.1, 0.15) is 33.6 Å². The highest BCUT2D eigenvalue weighted by atomic mass is 16.1. The van der Waals surface area contributed by atoms with Gasteiger partial charge in [0.2, 0.25) is 0 Å². The molecular weight excluding hydrogens is 348 g/mol. The molecule has 2 aromatic carbocycles. The van der Waals surface area contributed by atoms with Crippen molar-refractivity contribution < 1.29 is 9.59 Å². The van der Waals surface area contributed by atoms with Gasteiger partial charge in [0.25, 0.3) is 0 Å². The Labute approximate surface area is 164 Å². The molecule has 4 saturated heterocycles. The first kappa shape index (κ1) is 16.6. The van der Waals surface area contributed by atoms with Crippen molar-refractivity contribution in [1.82, 2.24) is 10.6 Å². The second-order valence-corrected chi connectivity index (χ2v) is 9.01. The molecule has 7 aliphatic rings. The fourth-order valence-corrected chi connectivity index (χ4v) is 7.11. The lowest BCUT2D eigenvalue weighted by atomic mass is 9.35. The van der Waals surface area contributed by atoms with Crippen LogP contribution in [0.2, 0.25) is 0 Å². The molecule has 6 bridgehead atoms. The van der Waals surface area contributed by atoms with Gasteiger partial charge in [0.05, 0.1) is 10.8 Å².